The number of hydrogen-bond acceptors (Lipinski definition) is 4. The fraction of sp³-hybridized carbons (Fsp3) is 0.833. The Morgan fingerprint density at radius 3 is 1.07 bits per heavy atom. The van der Waals surface area contributed by atoms with Crippen LogP contribution in [0, 0.1) is 47.3 Å². The zero-order valence-corrected chi connectivity index (χ0v) is 16.6. The second-order valence-corrected chi connectivity index (χ2v) is 11.0. The average Bonchev–Trinajstić information content (AvgIpc) is 2.65. The van der Waals surface area contributed by atoms with Crippen molar-refractivity contribution < 1.29 is 19.1 Å². The molecule has 8 bridgehead atoms. The molecule has 8 saturated carbocycles. The minimum absolute atomic E-state index is 0.0744. The van der Waals surface area contributed by atoms with Gasteiger partial charge in [-0.25, -0.2) is 9.59 Å². The first kappa shape index (κ1) is 17.5. The summed E-state index contributed by atoms with van der Waals surface area (Å²) in [7, 11) is 0. The van der Waals surface area contributed by atoms with E-state index in [0.29, 0.717) is 23.7 Å². The van der Waals surface area contributed by atoms with Crippen LogP contribution in [-0.2, 0) is 19.1 Å². The summed E-state index contributed by atoms with van der Waals surface area (Å²) in [5, 5.41) is 0. The summed E-state index contributed by atoms with van der Waals surface area (Å²) < 4.78 is 11.7. The van der Waals surface area contributed by atoms with Gasteiger partial charge in [-0.2, -0.15) is 0 Å². The lowest BCUT2D eigenvalue weighted by Gasteiger charge is -2.53. The first-order chi connectivity index (χ1) is 13.6. The van der Waals surface area contributed by atoms with E-state index in [9.17, 15) is 9.59 Å². The Labute approximate surface area is 167 Å². The summed E-state index contributed by atoms with van der Waals surface area (Å²) in [5.41, 5.74) is 0. The highest BCUT2D eigenvalue weighted by Gasteiger charge is 2.51. The lowest BCUT2D eigenvalue weighted by atomic mass is 9.55. The van der Waals surface area contributed by atoms with Crippen molar-refractivity contribution >= 4 is 11.9 Å². The third-order valence-electron chi connectivity index (χ3n) is 9.14. The third-order valence-corrected chi connectivity index (χ3v) is 9.14. The van der Waals surface area contributed by atoms with Crippen LogP contribution >= 0.6 is 0 Å². The Kier molecular flexibility index (Phi) is 4.13. The summed E-state index contributed by atoms with van der Waals surface area (Å²) in [6.07, 6.45) is 15.4. The molecule has 0 saturated heterocycles. The molecule has 8 rings (SSSR count). The zero-order valence-electron chi connectivity index (χ0n) is 16.6. The Balaban J connectivity index is 1.03. The van der Waals surface area contributed by atoms with Crippen LogP contribution in [0.2, 0.25) is 0 Å². The molecule has 0 radical (unpaired) electrons. The van der Waals surface area contributed by atoms with Crippen LogP contribution in [0.1, 0.15) is 64.2 Å². The van der Waals surface area contributed by atoms with Gasteiger partial charge in [0.1, 0.15) is 12.2 Å². The molecule has 0 unspecified atom stereocenters. The van der Waals surface area contributed by atoms with Crippen LogP contribution in [0.4, 0.5) is 0 Å². The normalized spacial score (nSPS) is 50.3. The Bertz CT molecular complexity index is 581. The van der Waals surface area contributed by atoms with Gasteiger partial charge in [0.05, 0.1) is 0 Å². The third kappa shape index (κ3) is 3.02. The van der Waals surface area contributed by atoms with Gasteiger partial charge >= 0.3 is 11.9 Å². The summed E-state index contributed by atoms with van der Waals surface area (Å²) in [5.74, 6) is 4.93. The van der Waals surface area contributed by atoms with Crippen LogP contribution < -0.4 is 0 Å². The van der Waals surface area contributed by atoms with Crippen molar-refractivity contribution in [3.8, 4) is 0 Å². The molecular weight excluding hydrogens is 352 g/mol. The van der Waals surface area contributed by atoms with Crippen molar-refractivity contribution in [1.29, 1.82) is 0 Å². The molecule has 0 atom stereocenters. The molecule has 8 fully saturated rings. The van der Waals surface area contributed by atoms with E-state index in [4.69, 9.17) is 9.47 Å². The molecule has 4 heteroatoms. The number of hydrogen-bond donors (Lipinski definition) is 0. The monoisotopic (exact) mass is 384 g/mol. The molecule has 0 aliphatic heterocycles. The average molecular weight is 385 g/mol. The SMILES string of the molecule is O=C(/C=C/C(=O)OC1C2CC3CC(C2)CC1C3)OC1C2CC3CC(C2)CC1C3. The van der Waals surface area contributed by atoms with Crippen molar-refractivity contribution in [3.63, 3.8) is 0 Å². The maximum absolute atomic E-state index is 12.4. The molecule has 0 spiro atoms. The number of ether oxygens (including phenoxy) is 2. The van der Waals surface area contributed by atoms with Gasteiger partial charge in [0.2, 0.25) is 0 Å². The van der Waals surface area contributed by atoms with Gasteiger partial charge in [0.25, 0.3) is 0 Å². The molecule has 8 aliphatic carbocycles. The fourth-order valence-electron chi connectivity index (χ4n) is 8.62. The lowest BCUT2D eigenvalue weighted by molar-refractivity contribution is -0.167. The number of carbonyl (C=O) groups is 2. The molecule has 0 N–H and O–H groups in total. The summed E-state index contributed by atoms with van der Waals surface area (Å²) in [6, 6.07) is 0. The number of rotatable bonds is 4. The van der Waals surface area contributed by atoms with E-state index in [2.05, 4.69) is 0 Å². The van der Waals surface area contributed by atoms with Crippen LogP contribution in [-0.4, -0.2) is 24.1 Å². The van der Waals surface area contributed by atoms with Crippen LogP contribution in [0.25, 0.3) is 0 Å². The van der Waals surface area contributed by atoms with Gasteiger partial charge in [-0.15, -0.1) is 0 Å². The molecule has 0 heterocycles. The van der Waals surface area contributed by atoms with Gasteiger partial charge < -0.3 is 9.47 Å². The van der Waals surface area contributed by atoms with E-state index >= 15 is 0 Å². The predicted octanol–water partition coefficient (Wildman–Crippen LogP) is 4.28. The summed E-state index contributed by atoms with van der Waals surface area (Å²) >= 11 is 0. The van der Waals surface area contributed by atoms with E-state index in [1.807, 2.05) is 0 Å². The zero-order chi connectivity index (χ0) is 18.8. The minimum Gasteiger partial charge on any atom is -0.459 e. The predicted molar refractivity (Wildman–Crippen MR) is 103 cm³/mol. The smallest absolute Gasteiger partial charge is 0.331 e. The Morgan fingerprint density at radius 2 is 0.786 bits per heavy atom. The van der Waals surface area contributed by atoms with E-state index in [1.54, 1.807) is 0 Å². The maximum Gasteiger partial charge on any atom is 0.331 e. The van der Waals surface area contributed by atoms with Gasteiger partial charge in [-0.3, -0.25) is 0 Å². The lowest BCUT2D eigenvalue weighted by Crippen LogP contribution is -2.50. The molecule has 0 amide bonds. The van der Waals surface area contributed by atoms with Crippen molar-refractivity contribution in [2.45, 2.75) is 76.4 Å². The molecule has 8 aliphatic rings. The van der Waals surface area contributed by atoms with Gasteiger partial charge in [0.15, 0.2) is 0 Å². The van der Waals surface area contributed by atoms with Crippen molar-refractivity contribution in [2.24, 2.45) is 47.3 Å². The maximum atomic E-state index is 12.4. The first-order valence-electron chi connectivity index (χ1n) is 11.7. The van der Waals surface area contributed by atoms with E-state index in [0.717, 1.165) is 23.7 Å². The molecule has 28 heavy (non-hydrogen) atoms. The second kappa shape index (κ2) is 6.60. The largest absolute Gasteiger partial charge is 0.459 e. The number of carbonyl (C=O) groups excluding carboxylic acids is 2. The van der Waals surface area contributed by atoms with Crippen LogP contribution in [0.15, 0.2) is 12.2 Å². The van der Waals surface area contributed by atoms with Crippen molar-refractivity contribution in [2.75, 3.05) is 0 Å². The van der Waals surface area contributed by atoms with E-state index in [-0.39, 0.29) is 24.1 Å². The standard InChI is InChI=1S/C24H32O4/c25-21(27-23-17-5-13-3-14(7-17)8-18(23)6-13)1-2-22(26)28-24-19-9-15-4-16(11-19)12-20(24)10-15/h1-2,13-20,23-24H,3-12H2/b2-1+. The Hall–Kier alpha value is -1.32. The van der Waals surface area contributed by atoms with E-state index < -0.39 is 0 Å². The van der Waals surface area contributed by atoms with Crippen LogP contribution in [0.5, 0.6) is 0 Å². The summed E-state index contributed by atoms with van der Waals surface area (Å²) in [4.78, 5) is 24.7. The highest BCUT2D eigenvalue weighted by Crippen LogP contribution is 2.55. The summed E-state index contributed by atoms with van der Waals surface area (Å²) in [6.45, 7) is 0. The molecule has 4 nitrogen and oxygen atoms in total. The molecule has 0 aromatic heterocycles. The topological polar surface area (TPSA) is 52.6 Å². The molecule has 152 valence electrons. The van der Waals surface area contributed by atoms with Crippen molar-refractivity contribution in [3.05, 3.63) is 12.2 Å². The van der Waals surface area contributed by atoms with Crippen LogP contribution in [0.3, 0.4) is 0 Å². The number of esters is 2. The van der Waals surface area contributed by atoms with Gasteiger partial charge in [-0.1, -0.05) is 0 Å². The minimum atomic E-state index is -0.362. The molecule has 0 aromatic rings. The highest BCUT2D eigenvalue weighted by molar-refractivity contribution is 5.91. The van der Waals surface area contributed by atoms with E-state index in [1.165, 1.54) is 76.4 Å². The van der Waals surface area contributed by atoms with Gasteiger partial charge in [-0.05, 0) is 112 Å². The second-order valence-electron chi connectivity index (χ2n) is 11.0. The molecular formula is C24H32O4. The highest BCUT2D eigenvalue weighted by atomic mass is 16.6. The molecule has 0 aromatic carbocycles. The van der Waals surface area contributed by atoms with Gasteiger partial charge in [0, 0.05) is 12.2 Å². The fourth-order valence-corrected chi connectivity index (χ4v) is 8.62. The first-order valence-corrected chi connectivity index (χ1v) is 11.7. The van der Waals surface area contributed by atoms with Crippen molar-refractivity contribution in [1.82, 2.24) is 0 Å². The quantitative estimate of drug-likeness (QED) is 0.536. The Morgan fingerprint density at radius 1 is 0.500 bits per heavy atom.